The molecule has 1 unspecified atom stereocenters. The molecule has 1 aliphatic rings. The predicted molar refractivity (Wildman–Crippen MR) is 82.1 cm³/mol. The quantitative estimate of drug-likeness (QED) is 0.783. The first-order chi connectivity index (χ1) is 9.36. The Hall–Kier alpha value is -0.340. The van der Waals surface area contributed by atoms with E-state index in [2.05, 4.69) is 15.9 Å². The molecule has 0 saturated carbocycles. The first-order valence-corrected chi connectivity index (χ1v) is 8.83. The Morgan fingerprint density at radius 3 is 2.85 bits per heavy atom. The Kier molecular flexibility index (Phi) is 4.96. The van der Waals surface area contributed by atoms with Crippen LogP contribution in [0.2, 0.25) is 5.02 Å². The van der Waals surface area contributed by atoms with Gasteiger partial charge in [0.25, 0.3) is 0 Å². The Bertz CT molecular complexity index is 609. The molecule has 3 N–H and O–H groups in total. The van der Waals surface area contributed by atoms with Gasteiger partial charge < -0.3 is 10.8 Å². The van der Waals surface area contributed by atoms with E-state index in [9.17, 15) is 13.5 Å². The van der Waals surface area contributed by atoms with Crippen molar-refractivity contribution in [2.45, 2.75) is 17.7 Å². The van der Waals surface area contributed by atoms with Crippen LogP contribution >= 0.6 is 27.5 Å². The van der Waals surface area contributed by atoms with Crippen LogP contribution in [0.1, 0.15) is 12.8 Å². The lowest BCUT2D eigenvalue weighted by Crippen LogP contribution is -2.41. The van der Waals surface area contributed by atoms with Crippen molar-refractivity contribution in [3.05, 3.63) is 21.6 Å². The summed E-state index contributed by atoms with van der Waals surface area (Å²) in [5, 5.41) is 9.49. The second kappa shape index (κ2) is 6.19. The highest BCUT2D eigenvalue weighted by Crippen LogP contribution is 2.34. The van der Waals surface area contributed by atoms with Crippen LogP contribution in [-0.4, -0.2) is 37.5 Å². The highest BCUT2D eigenvalue weighted by molar-refractivity contribution is 9.10. The Balaban J connectivity index is 2.40. The fraction of sp³-hybridized carbons (Fsp3) is 0.500. The van der Waals surface area contributed by atoms with Gasteiger partial charge >= 0.3 is 0 Å². The molecule has 1 atom stereocenters. The number of nitrogen functional groups attached to an aromatic ring is 1. The van der Waals surface area contributed by atoms with Gasteiger partial charge in [-0.05, 0) is 46.8 Å². The first-order valence-electron chi connectivity index (χ1n) is 6.21. The van der Waals surface area contributed by atoms with Crippen LogP contribution in [0.15, 0.2) is 21.5 Å². The molecule has 112 valence electrons. The fourth-order valence-electron chi connectivity index (χ4n) is 2.31. The summed E-state index contributed by atoms with van der Waals surface area (Å²) in [4.78, 5) is 0.0705. The molecule has 0 aromatic heterocycles. The summed E-state index contributed by atoms with van der Waals surface area (Å²) >= 11 is 9.11. The fourth-order valence-corrected chi connectivity index (χ4v) is 5.11. The van der Waals surface area contributed by atoms with Crippen LogP contribution in [0.5, 0.6) is 0 Å². The second-order valence-corrected chi connectivity index (χ2v) is 8.00. The topological polar surface area (TPSA) is 83.6 Å². The van der Waals surface area contributed by atoms with Crippen LogP contribution in [0.3, 0.4) is 0 Å². The summed E-state index contributed by atoms with van der Waals surface area (Å²) in [7, 11) is -3.67. The molecule has 20 heavy (non-hydrogen) atoms. The summed E-state index contributed by atoms with van der Waals surface area (Å²) in [5.74, 6) is -0.0196. The zero-order chi connectivity index (χ0) is 14.9. The molecule has 2 rings (SSSR count). The second-order valence-electron chi connectivity index (χ2n) is 4.86. The highest BCUT2D eigenvalue weighted by atomic mass is 79.9. The van der Waals surface area contributed by atoms with Crippen molar-refractivity contribution in [3.63, 3.8) is 0 Å². The van der Waals surface area contributed by atoms with E-state index in [4.69, 9.17) is 17.3 Å². The molecule has 0 radical (unpaired) electrons. The van der Waals surface area contributed by atoms with Gasteiger partial charge in [-0.3, -0.25) is 0 Å². The standard InChI is InChI=1S/C12H16BrClN2O3S/c13-12-10(15)4-9(14)5-11(12)20(18,19)16-3-1-2-8(6-16)7-17/h4-5,8,17H,1-3,6-7,15H2. The Morgan fingerprint density at radius 2 is 2.20 bits per heavy atom. The van der Waals surface area contributed by atoms with Gasteiger partial charge in [0.15, 0.2) is 0 Å². The van der Waals surface area contributed by atoms with Crippen molar-refractivity contribution in [1.82, 2.24) is 4.31 Å². The normalized spacial score (nSPS) is 21.1. The number of hydrogen-bond donors (Lipinski definition) is 2. The van der Waals surface area contributed by atoms with Gasteiger partial charge in [0.05, 0.1) is 9.37 Å². The maximum absolute atomic E-state index is 12.7. The van der Waals surface area contributed by atoms with Gasteiger partial charge in [-0.2, -0.15) is 4.31 Å². The van der Waals surface area contributed by atoms with Crippen molar-refractivity contribution in [3.8, 4) is 0 Å². The molecule has 1 heterocycles. The van der Waals surface area contributed by atoms with E-state index in [0.29, 0.717) is 17.6 Å². The molecule has 0 amide bonds. The number of aliphatic hydroxyl groups is 1. The van der Waals surface area contributed by atoms with Crippen molar-refractivity contribution < 1.29 is 13.5 Å². The third-order valence-corrected chi connectivity index (χ3v) is 6.64. The molecule has 1 aliphatic heterocycles. The number of sulfonamides is 1. The SMILES string of the molecule is Nc1cc(Cl)cc(S(=O)(=O)N2CCCC(CO)C2)c1Br. The summed E-state index contributed by atoms with van der Waals surface area (Å²) in [6, 6.07) is 2.89. The van der Waals surface area contributed by atoms with E-state index in [1.165, 1.54) is 16.4 Å². The number of rotatable bonds is 3. The molecule has 5 nitrogen and oxygen atoms in total. The van der Waals surface area contributed by atoms with Crippen molar-refractivity contribution >= 4 is 43.2 Å². The van der Waals surface area contributed by atoms with Crippen molar-refractivity contribution in [1.29, 1.82) is 0 Å². The molecular weight excluding hydrogens is 368 g/mol. The zero-order valence-electron chi connectivity index (χ0n) is 10.7. The molecular formula is C12H16BrClN2O3S. The van der Waals surface area contributed by atoms with E-state index < -0.39 is 10.0 Å². The maximum Gasteiger partial charge on any atom is 0.244 e. The minimum atomic E-state index is -3.67. The minimum Gasteiger partial charge on any atom is -0.398 e. The van der Waals surface area contributed by atoms with E-state index in [1.54, 1.807) is 0 Å². The van der Waals surface area contributed by atoms with Gasteiger partial charge in [-0.25, -0.2) is 8.42 Å². The van der Waals surface area contributed by atoms with Crippen molar-refractivity contribution in [2.75, 3.05) is 25.4 Å². The average molecular weight is 384 g/mol. The van der Waals surface area contributed by atoms with Crippen LogP contribution < -0.4 is 5.73 Å². The summed E-state index contributed by atoms with van der Waals surface area (Å²) in [5.41, 5.74) is 6.03. The zero-order valence-corrected chi connectivity index (χ0v) is 13.9. The monoisotopic (exact) mass is 382 g/mol. The van der Waals surface area contributed by atoms with Crippen LogP contribution in [0.25, 0.3) is 0 Å². The number of halogens is 2. The third kappa shape index (κ3) is 3.12. The number of anilines is 1. The Labute approximate surface area is 131 Å². The average Bonchev–Trinajstić information content (AvgIpc) is 2.42. The number of aliphatic hydroxyl groups excluding tert-OH is 1. The number of nitrogens with two attached hydrogens (primary N) is 1. The van der Waals surface area contributed by atoms with E-state index in [-0.39, 0.29) is 28.1 Å². The molecule has 1 saturated heterocycles. The maximum atomic E-state index is 12.7. The number of piperidine rings is 1. The molecule has 1 aromatic carbocycles. The summed E-state index contributed by atoms with van der Waals surface area (Å²) in [6.45, 7) is 0.750. The van der Waals surface area contributed by atoms with Crippen LogP contribution in [0, 0.1) is 5.92 Å². The molecule has 0 aliphatic carbocycles. The molecule has 0 bridgehead atoms. The lowest BCUT2D eigenvalue weighted by atomic mass is 10.0. The first kappa shape index (κ1) is 16.0. The van der Waals surface area contributed by atoms with Gasteiger partial charge in [0.2, 0.25) is 10.0 Å². The predicted octanol–water partition coefficient (Wildman–Crippen LogP) is 2.08. The lowest BCUT2D eigenvalue weighted by molar-refractivity contribution is 0.165. The third-order valence-electron chi connectivity index (χ3n) is 3.39. The lowest BCUT2D eigenvalue weighted by Gasteiger charge is -2.31. The minimum absolute atomic E-state index is 0.00905. The summed E-state index contributed by atoms with van der Waals surface area (Å²) < 4.78 is 27.1. The van der Waals surface area contributed by atoms with Gasteiger partial charge in [-0.1, -0.05) is 11.6 Å². The largest absolute Gasteiger partial charge is 0.398 e. The molecule has 1 aromatic rings. The highest BCUT2D eigenvalue weighted by Gasteiger charge is 2.32. The molecule has 0 spiro atoms. The van der Waals surface area contributed by atoms with E-state index in [0.717, 1.165) is 12.8 Å². The van der Waals surface area contributed by atoms with Crippen LogP contribution in [0.4, 0.5) is 5.69 Å². The molecule has 1 fully saturated rings. The van der Waals surface area contributed by atoms with E-state index in [1.807, 2.05) is 0 Å². The van der Waals surface area contributed by atoms with E-state index >= 15 is 0 Å². The smallest absolute Gasteiger partial charge is 0.244 e. The van der Waals surface area contributed by atoms with Gasteiger partial charge in [-0.15, -0.1) is 0 Å². The number of benzene rings is 1. The number of hydrogen-bond acceptors (Lipinski definition) is 4. The Morgan fingerprint density at radius 1 is 1.50 bits per heavy atom. The van der Waals surface area contributed by atoms with Gasteiger partial charge in [0, 0.05) is 30.4 Å². The molecule has 8 heteroatoms. The number of nitrogens with zero attached hydrogens (tertiary/aromatic N) is 1. The van der Waals surface area contributed by atoms with Gasteiger partial charge in [0.1, 0.15) is 0 Å². The van der Waals surface area contributed by atoms with Crippen LogP contribution in [-0.2, 0) is 10.0 Å². The summed E-state index contributed by atoms with van der Waals surface area (Å²) in [6.07, 6.45) is 1.57. The van der Waals surface area contributed by atoms with Crippen molar-refractivity contribution in [2.24, 2.45) is 5.92 Å².